The molecule has 2 aromatic rings. The molecule has 0 spiro atoms. The SMILES string of the molecule is O=C([O-])COc1c(Cl)cc(/C=C2/C(=O)NC(=O)N(c3ccccc3)C2=O)cc1Cl. The maximum atomic E-state index is 12.8. The molecule has 1 fully saturated rings. The quantitative estimate of drug-likeness (QED) is 0.567. The Morgan fingerprint density at radius 3 is 2.31 bits per heavy atom. The monoisotopic (exact) mass is 433 g/mol. The average Bonchev–Trinajstić information content (AvgIpc) is 2.65. The number of carboxylic acid groups (broad SMARTS) is 1. The molecule has 0 radical (unpaired) electrons. The second-order valence-corrected chi connectivity index (χ2v) is 6.58. The summed E-state index contributed by atoms with van der Waals surface area (Å²) in [5, 5.41) is 12.5. The molecule has 2 aromatic carbocycles. The van der Waals surface area contributed by atoms with Crippen LogP contribution in [0.15, 0.2) is 48.0 Å². The number of para-hydroxylation sites is 1. The molecule has 0 unspecified atom stereocenters. The molecular formula is C19H11Cl2N2O6-. The number of barbiturate groups is 1. The fourth-order valence-corrected chi connectivity index (χ4v) is 3.18. The minimum Gasteiger partial charge on any atom is -0.546 e. The number of nitrogens with one attached hydrogen (secondary N) is 1. The lowest BCUT2D eigenvalue weighted by atomic mass is 10.1. The molecule has 8 nitrogen and oxygen atoms in total. The number of aliphatic carboxylic acids is 1. The van der Waals surface area contributed by atoms with Crippen LogP contribution in [0.1, 0.15) is 5.56 Å². The van der Waals surface area contributed by atoms with Gasteiger partial charge < -0.3 is 14.6 Å². The van der Waals surface area contributed by atoms with E-state index >= 15 is 0 Å². The van der Waals surface area contributed by atoms with E-state index < -0.39 is 30.4 Å². The zero-order valence-electron chi connectivity index (χ0n) is 14.5. The van der Waals surface area contributed by atoms with Gasteiger partial charge in [-0.1, -0.05) is 41.4 Å². The summed E-state index contributed by atoms with van der Waals surface area (Å²) < 4.78 is 4.96. The van der Waals surface area contributed by atoms with Gasteiger partial charge in [0.25, 0.3) is 11.8 Å². The van der Waals surface area contributed by atoms with Gasteiger partial charge in [0.15, 0.2) is 5.75 Å². The van der Waals surface area contributed by atoms with Crippen molar-refractivity contribution in [2.45, 2.75) is 0 Å². The number of benzene rings is 2. The summed E-state index contributed by atoms with van der Waals surface area (Å²) in [6.45, 7) is -0.755. The predicted octanol–water partition coefficient (Wildman–Crippen LogP) is 1.79. The van der Waals surface area contributed by atoms with Gasteiger partial charge in [-0.15, -0.1) is 0 Å². The van der Waals surface area contributed by atoms with Crippen molar-refractivity contribution in [2.24, 2.45) is 0 Å². The maximum absolute atomic E-state index is 12.8. The van der Waals surface area contributed by atoms with Gasteiger partial charge in [-0.05, 0) is 35.9 Å². The Kier molecular flexibility index (Phi) is 5.86. The molecule has 0 atom stereocenters. The molecule has 1 heterocycles. The van der Waals surface area contributed by atoms with Crippen LogP contribution in [0.3, 0.4) is 0 Å². The number of rotatable bonds is 5. The summed E-state index contributed by atoms with van der Waals surface area (Å²) in [5.74, 6) is -3.25. The fourth-order valence-electron chi connectivity index (χ4n) is 2.57. The molecule has 0 aliphatic carbocycles. The molecule has 29 heavy (non-hydrogen) atoms. The lowest BCUT2D eigenvalue weighted by Crippen LogP contribution is -2.54. The molecule has 1 aliphatic rings. The first-order chi connectivity index (χ1) is 13.8. The van der Waals surface area contributed by atoms with Crippen LogP contribution in [0.2, 0.25) is 10.0 Å². The van der Waals surface area contributed by atoms with Gasteiger partial charge in [0, 0.05) is 0 Å². The highest BCUT2D eigenvalue weighted by Crippen LogP contribution is 2.35. The number of carbonyl (C=O) groups is 4. The van der Waals surface area contributed by atoms with Crippen molar-refractivity contribution in [1.29, 1.82) is 0 Å². The Morgan fingerprint density at radius 2 is 1.72 bits per heavy atom. The molecule has 1 saturated heterocycles. The maximum Gasteiger partial charge on any atom is 0.335 e. The van der Waals surface area contributed by atoms with E-state index in [1.807, 2.05) is 0 Å². The summed E-state index contributed by atoms with van der Waals surface area (Å²) in [5.41, 5.74) is 0.237. The molecule has 10 heteroatoms. The first-order valence-corrected chi connectivity index (χ1v) is 8.81. The Balaban J connectivity index is 1.96. The van der Waals surface area contributed by atoms with Crippen molar-refractivity contribution in [3.8, 4) is 5.75 Å². The van der Waals surface area contributed by atoms with Crippen LogP contribution < -0.4 is 20.1 Å². The molecule has 148 valence electrons. The smallest absolute Gasteiger partial charge is 0.335 e. The summed E-state index contributed by atoms with van der Waals surface area (Å²) in [6.07, 6.45) is 1.21. The highest BCUT2D eigenvalue weighted by atomic mass is 35.5. The molecule has 4 amide bonds. The number of carboxylic acids is 1. The Morgan fingerprint density at radius 1 is 1.10 bits per heavy atom. The molecule has 1 N–H and O–H groups in total. The normalized spacial score (nSPS) is 15.4. The Labute approximate surface area is 174 Å². The van der Waals surface area contributed by atoms with E-state index in [9.17, 15) is 24.3 Å². The number of anilines is 1. The second kappa shape index (κ2) is 8.34. The third kappa shape index (κ3) is 4.39. The molecular weight excluding hydrogens is 423 g/mol. The minimum atomic E-state index is -1.46. The van der Waals surface area contributed by atoms with E-state index in [1.54, 1.807) is 30.3 Å². The van der Waals surface area contributed by atoms with E-state index in [0.29, 0.717) is 0 Å². The van der Waals surface area contributed by atoms with Gasteiger partial charge in [-0.3, -0.25) is 14.9 Å². The van der Waals surface area contributed by atoms with Crippen molar-refractivity contribution in [3.63, 3.8) is 0 Å². The summed E-state index contributed by atoms with van der Waals surface area (Å²) in [7, 11) is 0. The van der Waals surface area contributed by atoms with E-state index in [0.717, 1.165) is 4.90 Å². The number of urea groups is 1. The van der Waals surface area contributed by atoms with Crippen LogP contribution in [0, 0.1) is 0 Å². The van der Waals surface area contributed by atoms with Crippen molar-refractivity contribution in [1.82, 2.24) is 5.32 Å². The predicted molar refractivity (Wildman–Crippen MR) is 102 cm³/mol. The van der Waals surface area contributed by atoms with Gasteiger partial charge in [0.1, 0.15) is 12.2 Å². The summed E-state index contributed by atoms with van der Waals surface area (Å²) in [6, 6.07) is 9.87. The van der Waals surface area contributed by atoms with Crippen LogP contribution in [0.25, 0.3) is 6.08 Å². The van der Waals surface area contributed by atoms with Gasteiger partial charge in [-0.2, -0.15) is 0 Å². The third-order valence-electron chi connectivity index (χ3n) is 3.78. The number of imide groups is 2. The van der Waals surface area contributed by atoms with Crippen molar-refractivity contribution < 1.29 is 29.0 Å². The van der Waals surface area contributed by atoms with E-state index in [-0.39, 0.29) is 32.6 Å². The van der Waals surface area contributed by atoms with E-state index in [2.05, 4.69) is 5.32 Å². The van der Waals surface area contributed by atoms with Crippen LogP contribution in [0.5, 0.6) is 5.75 Å². The van der Waals surface area contributed by atoms with Crippen LogP contribution in [-0.4, -0.2) is 30.4 Å². The minimum absolute atomic E-state index is 0.0368. The van der Waals surface area contributed by atoms with Crippen molar-refractivity contribution >= 4 is 58.8 Å². The highest BCUT2D eigenvalue weighted by Gasteiger charge is 2.36. The lowest BCUT2D eigenvalue weighted by Gasteiger charge is -2.26. The van der Waals surface area contributed by atoms with E-state index in [1.165, 1.54) is 18.2 Å². The number of hydrogen-bond donors (Lipinski definition) is 1. The van der Waals surface area contributed by atoms with E-state index in [4.69, 9.17) is 27.9 Å². The number of amides is 4. The third-order valence-corrected chi connectivity index (χ3v) is 4.34. The molecule has 3 rings (SSSR count). The van der Waals surface area contributed by atoms with Gasteiger partial charge in [0.05, 0.1) is 21.7 Å². The summed E-state index contributed by atoms with van der Waals surface area (Å²) >= 11 is 12.1. The molecule has 0 aromatic heterocycles. The number of nitrogens with zero attached hydrogens (tertiary/aromatic N) is 1. The van der Waals surface area contributed by atoms with Crippen LogP contribution in [-0.2, 0) is 14.4 Å². The fraction of sp³-hybridized carbons (Fsp3) is 0.0526. The molecule has 0 bridgehead atoms. The number of ether oxygens (including phenoxy) is 1. The van der Waals surface area contributed by atoms with Crippen LogP contribution in [0.4, 0.5) is 10.5 Å². The average molecular weight is 434 g/mol. The number of hydrogen-bond acceptors (Lipinski definition) is 6. The Hall–Kier alpha value is -3.36. The number of carbonyl (C=O) groups excluding carboxylic acids is 4. The molecule has 0 saturated carbocycles. The topological polar surface area (TPSA) is 116 Å². The number of halogens is 2. The lowest BCUT2D eigenvalue weighted by molar-refractivity contribution is -0.307. The van der Waals surface area contributed by atoms with Gasteiger partial charge in [-0.25, -0.2) is 9.69 Å². The van der Waals surface area contributed by atoms with Gasteiger partial charge >= 0.3 is 6.03 Å². The van der Waals surface area contributed by atoms with Crippen LogP contribution >= 0.6 is 23.2 Å². The van der Waals surface area contributed by atoms with Crippen molar-refractivity contribution in [2.75, 3.05) is 11.5 Å². The standard InChI is InChI=1S/C19H12Cl2N2O6/c20-13-7-10(8-14(21)16(13)29-9-15(24)25)6-12-17(26)22-19(28)23(18(12)27)11-4-2-1-3-5-11/h1-8H,9H2,(H,24,25)(H,22,26,28)/p-1/b12-6-. The second-order valence-electron chi connectivity index (χ2n) is 5.77. The zero-order chi connectivity index (χ0) is 21.1. The molecule has 1 aliphatic heterocycles. The first-order valence-electron chi connectivity index (χ1n) is 8.06. The largest absolute Gasteiger partial charge is 0.546 e. The zero-order valence-corrected chi connectivity index (χ0v) is 16.0. The highest BCUT2D eigenvalue weighted by molar-refractivity contribution is 6.40. The van der Waals surface area contributed by atoms with Crippen molar-refractivity contribution in [3.05, 3.63) is 63.6 Å². The van der Waals surface area contributed by atoms with Gasteiger partial charge in [0.2, 0.25) is 0 Å². The summed E-state index contributed by atoms with van der Waals surface area (Å²) in [4.78, 5) is 48.5. The Bertz CT molecular complexity index is 1030. The first kappa shape index (κ1) is 20.4.